The van der Waals surface area contributed by atoms with Gasteiger partial charge in [-0.05, 0) is 37.8 Å². The summed E-state index contributed by atoms with van der Waals surface area (Å²) in [6, 6.07) is 12.2. The van der Waals surface area contributed by atoms with Crippen molar-refractivity contribution in [1.82, 2.24) is 15.1 Å². The van der Waals surface area contributed by atoms with Crippen LogP contribution in [-0.2, 0) is 11.2 Å². The van der Waals surface area contributed by atoms with E-state index in [9.17, 15) is 4.79 Å². The minimum absolute atomic E-state index is 0.00950. The van der Waals surface area contributed by atoms with Gasteiger partial charge in [0.2, 0.25) is 0 Å². The van der Waals surface area contributed by atoms with Gasteiger partial charge in [0, 0.05) is 25.4 Å². The molecule has 0 spiro atoms. The molecule has 0 bridgehead atoms. The number of nitrogens with one attached hydrogen (secondary N) is 1. The van der Waals surface area contributed by atoms with E-state index in [2.05, 4.69) is 34.5 Å². The number of benzene rings is 1. The molecule has 0 radical (unpaired) electrons. The Morgan fingerprint density at radius 2 is 2.22 bits per heavy atom. The van der Waals surface area contributed by atoms with Gasteiger partial charge < -0.3 is 9.64 Å². The van der Waals surface area contributed by atoms with Crippen LogP contribution in [0.3, 0.4) is 0 Å². The molecule has 122 valence electrons. The summed E-state index contributed by atoms with van der Waals surface area (Å²) in [5.74, 6) is -0.00950. The van der Waals surface area contributed by atoms with Gasteiger partial charge in [-0.25, -0.2) is 0 Å². The molecule has 1 aromatic heterocycles. The van der Waals surface area contributed by atoms with E-state index in [0.717, 1.165) is 38.1 Å². The average Bonchev–Trinajstić information content (AvgIpc) is 3.21. The Morgan fingerprint density at radius 1 is 1.39 bits per heavy atom. The van der Waals surface area contributed by atoms with Crippen LogP contribution < -0.4 is 0 Å². The first kappa shape index (κ1) is 15.7. The van der Waals surface area contributed by atoms with Crippen LogP contribution >= 0.6 is 0 Å². The second kappa shape index (κ2) is 7.42. The molecule has 1 aliphatic heterocycles. The number of carbonyl (C=O) groups excluding carboxylic acids is 1. The van der Waals surface area contributed by atoms with E-state index in [1.165, 1.54) is 5.56 Å². The quantitative estimate of drug-likeness (QED) is 0.834. The number of ether oxygens (including phenoxy) is 1. The van der Waals surface area contributed by atoms with Crippen molar-refractivity contribution >= 4 is 5.91 Å². The zero-order valence-corrected chi connectivity index (χ0v) is 13.5. The maximum atomic E-state index is 12.3. The molecule has 1 unspecified atom stereocenters. The highest BCUT2D eigenvalue weighted by molar-refractivity contribution is 5.92. The third-order valence-corrected chi connectivity index (χ3v) is 4.16. The lowest BCUT2D eigenvalue weighted by Gasteiger charge is -2.15. The molecule has 5 heteroatoms. The Bertz CT molecular complexity index is 639. The molecule has 1 N–H and O–H groups in total. The van der Waals surface area contributed by atoms with E-state index in [-0.39, 0.29) is 12.0 Å². The first-order valence-corrected chi connectivity index (χ1v) is 8.19. The largest absolute Gasteiger partial charge is 0.376 e. The number of carbonyl (C=O) groups is 1. The monoisotopic (exact) mass is 313 g/mol. The minimum Gasteiger partial charge on any atom is -0.376 e. The molecule has 2 heterocycles. The van der Waals surface area contributed by atoms with Gasteiger partial charge in [0.05, 0.1) is 6.10 Å². The van der Waals surface area contributed by atoms with Gasteiger partial charge in [-0.3, -0.25) is 9.89 Å². The zero-order chi connectivity index (χ0) is 16.1. The fourth-order valence-electron chi connectivity index (χ4n) is 2.91. The van der Waals surface area contributed by atoms with Gasteiger partial charge in [0.1, 0.15) is 5.69 Å². The molecule has 1 aromatic carbocycles. The van der Waals surface area contributed by atoms with Crippen molar-refractivity contribution in [2.45, 2.75) is 32.3 Å². The van der Waals surface area contributed by atoms with Gasteiger partial charge in [-0.15, -0.1) is 0 Å². The summed E-state index contributed by atoms with van der Waals surface area (Å²) in [5, 5.41) is 6.85. The number of rotatable bonds is 6. The molecule has 1 fully saturated rings. The molecule has 1 amide bonds. The number of nitrogens with zero attached hydrogens (tertiary/aromatic N) is 2. The Labute approximate surface area is 136 Å². The third kappa shape index (κ3) is 4.20. The van der Waals surface area contributed by atoms with Gasteiger partial charge in [0.15, 0.2) is 0 Å². The van der Waals surface area contributed by atoms with Crippen molar-refractivity contribution in [1.29, 1.82) is 0 Å². The number of hydrogen-bond acceptors (Lipinski definition) is 3. The molecule has 2 aromatic rings. The summed E-state index contributed by atoms with van der Waals surface area (Å²) in [4.78, 5) is 14.1. The van der Waals surface area contributed by atoms with E-state index in [1.54, 1.807) is 6.07 Å². The highest BCUT2D eigenvalue weighted by atomic mass is 16.5. The van der Waals surface area contributed by atoms with Crippen LogP contribution in [0, 0.1) is 6.92 Å². The predicted molar refractivity (Wildman–Crippen MR) is 88.3 cm³/mol. The second-order valence-corrected chi connectivity index (χ2v) is 6.06. The molecule has 0 aliphatic carbocycles. The van der Waals surface area contributed by atoms with E-state index < -0.39 is 0 Å². The van der Waals surface area contributed by atoms with E-state index in [4.69, 9.17) is 4.74 Å². The summed E-state index contributed by atoms with van der Waals surface area (Å²) >= 11 is 0. The summed E-state index contributed by atoms with van der Waals surface area (Å²) in [6.45, 7) is 4.04. The average molecular weight is 313 g/mol. The zero-order valence-electron chi connectivity index (χ0n) is 13.5. The standard InChI is InChI=1S/C18H23N3O2/c1-14-12-17(20-19-14)18(22)21-10-9-16(13-21)23-11-5-8-15-6-3-2-4-7-15/h2-4,6-7,12,16H,5,8-11,13H2,1H3,(H,19,20). The summed E-state index contributed by atoms with van der Waals surface area (Å²) in [6.07, 6.45) is 3.09. The number of aromatic nitrogens is 2. The fourth-order valence-corrected chi connectivity index (χ4v) is 2.91. The Kier molecular flexibility index (Phi) is 5.08. The SMILES string of the molecule is Cc1cc(C(=O)N2CCC(OCCCc3ccccc3)C2)n[nH]1. The van der Waals surface area contributed by atoms with E-state index >= 15 is 0 Å². The lowest BCUT2D eigenvalue weighted by atomic mass is 10.1. The predicted octanol–water partition coefficient (Wildman–Crippen LogP) is 2.58. The minimum atomic E-state index is -0.00950. The molecule has 3 rings (SSSR count). The van der Waals surface area contributed by atoms with Gasteiger partial charge in [-0.1, -0.05) is 30.3 Å². The first-order chi connectivity index (χ1) is 11.2. The normalized spacial score (nSPS) is 17.6. The van der Waals surface area contributed by atoms with Crippen LogP contribution in [0.1, 0.15) is 34.6 Å². The van der Waals surface area contributed by atoms with E-state index in [1.807, 2.05) is 17.9 Å². The lowest BCUT2D eigenvalue weighted by Crippen LogP contribution is -2.30. The van der Waals surface area contributed by atoms with Crippen LogP contribution in [0.4, 0.5) is 0 Å². The van der Waals surface area contributed by atoms with Crippen LogP contribution in [0.2, 0.25) is 0 Å². The fraction of sp³-hybridized carbons (Fsp3) is 0.444. The molecule has 0 saturated carbocycles. The molecule has 1 atom stereocenters. The molecule has 1 saturated heterocycles. The Balaban J connectivity index is 1.39. The van der Waals surface area contributed by atoms with Crippen molar-refractivity contribution in [2.24, 2.45) is 0 Å². The molecule has 23 heavy (non-hydrogen) atoms. The summed E-state index contributed by atoms with van der Waals surface area (Å²) < 4.78 is 5.92. The maximum Gasteiger partial charge on any atom is 0.274 e. The number of amides is 1. The number of hydrogen-bond donors (Lipinski definition) is 1. The van der Waals surface area contributed by atoms with Crippen molar-refractivity contribution in [2.75, 3.05) is 19.7 Å². The third-order valence-electron chi connectivity index (χ3n) is 4.16. The van der Waals surface area contributed by atoms with Crippen molar-refractivity contribution in [3.05, 3.63) is 53.3 Å². The molecule has 5 nitrogen and oxygen atoms in total. The Hall–Kier alpha value is -2.14. The summed E-state index contributed by atoms with van der Waals surface area (Å²) in [5.41, 5.74) is 2.74. The molecular weight excluding hydrogens is 290 g/mol. The topological polar surface area (TPSA) is 58.2 Å². The van der Waals surface area contributed by atoms with Crippen LogP contribution in [0.15, 0.2) is 36.4 Å². The number of aromatic amines is 1. The highest BCUT2D eigenvalue weighted by Crippen LogP contribution is 2.16. The number of H-pyrrole nitrogens is 1. The highest BCUT2D eigenvalue weighted by Gasteiger charge is 2.28. The van der Waals surface area contributed by atoms with Crippen molar-refractivity contribution in [3.8, 4) is 0 Å². The van der Waals surface area contributed by atoms with Crippen LogP contribution in [-0.4, -0.2) is 46.8 Å². The molecular formula is C18H23N3O2. The molecule has 1 aliphatic rings. The lowest BCUT2D eigenvalue weighted by molar-refractivity contribution is 0.0523. The van der Waals surface area contributed by atoms with Crippen LogP contribution in [0.5, 0.6) is 0 Å². The van der Waals surface area contributed by atoms with Crippen LogP contribution in [0.25, 0.3) is 0 Å². The second-order valence-electron chi connectivity index (χ2n) is 6.06. The first-order valence-electron chi connectivity index (χ1n) is 8.19. The number of likely N-dealkylation sites (tertiary alicyclic amines) is 1. The van der Waals surface area contributed by atoms with Crippen molar-refractivity contribution < 1.29 is 9.53 Å². The van der Waals surface area contributed by atoms with Crippen molar-refractivity contribution in [3.63, 3.8) is 0 Å². The van der Waals surface area contributed by atoms with E-state index in [0.29, 0.717) is 12.2 Å². The van der Waals surface area contributed by atoms with Gasteiger partial charge >= 0.3 is 0 Å². The summed E-state index contributed by atoms with van der Waals surface area (Å²) in [7, 11) is 0. The maximum absolute atomic E-state index is 12.3. The number of aryl methyl sites for hydroxylation is 2. The van der Waals surface area contributed by atoms with Gasteiger partial charge in [0.25, 0.3) is 5.91 Å². The Morgan fingerprint density at radius 3 is 2.96 bits per heavy atom. The van der Waals surface area contributed by atoms with Gasteiger partial charge in [-0.2, -0.15) is 5.10 Å². The smallest absolute Gasteiger partial charge is 0.274 e.